The number of hydrogen-bond acceptors (Lipinski definition) is 10. The number of hydrogen-bond donors (Lipinski definition) is 0. The van der Waals surface area contributed by atoms with Crippen molar-refractivity contribution in [3.63, 3.8) is 0 Å². The lowest BCUT2D eigenvalue weighted by molar-refractivity contribution is -0.121. The molecule has 0 radical (unpaired) electrons. The number of rotatable bonds is 8. The molecule has 0 unspecified atom stereocenters. The second-order valence-corrected chi connectivity index (χ2v) is 13.2. The van der Waals surface area contributed by atoms with Crippen molar-refractivity contribution in [2.45, 2.75) is 19.3 Å². The fourth-order valence-corrected chi connectivity index (χ4v) is 8.82. The molecule has 6 aromatic rings. The average Bonchev–Trinajstić information content (AvgIpc) is 3.79. The highest BCUT2D eigenvalue weighted by Gasteiger charge is 2.38. The highest BCUT2D eigenvalue weighted by atomic mass is 32.1. The van der Waals surface area contributed by atoms with E-state index in [9.17, 15) is 9.59 Å². The Morgan fingerprint density at radius 1 is 0.667 bits per heavy atom. The molecule has 0 atom stereocenters. The number of fused-ring (bicyclic) bond motifs is 3. The third-order valence-corrected chi connectivity index (χ3v) is 10.8. The molecule has 7 nitrogen and oxygen atoms in total. The molecular weight excluding hydrogens is 587 g/mol. The molecule has 0 spiro atoms. The summed E-state index contributed by atoms with van der Waals surface area (Å²) < 4.78 is 10.1. The molecule has 42 heavy (non-hydrogen) atoms. The van der Waals surface area contributed by atoms with Crippen LogP contribution in [0.15, 0.2) is 78.4 Å². The summed E-state index contributed by atoms with van der Waals surface area (Å²) in [5.74, 6) is 0.616. The molecule has 10 heteroatoms. The molecular formula is C32H21N3O4S3. The predicted octanol–water partition coefficient (Wildman–Crippen LogP) is 8.10. The van der Waals surface area contributed by atoms with Gasteiger partial charge < -0.3 is 9.47 Å². The van der Waals surface area contributed by atoms with Gasteiger partial charge in [0, 0.05) is 60.4 Å². The van der Waals surface area contributed by atoms with Crippen LogP contribution in [0.1, 0.15) is 25.0 Å². The quantitative estimate of drug-likeness (QED) is 0.161. The minimum atomic E-state index is 0.0196. The van der Waals surface area contributed by atoms with Gasteiger partial charge in [-0.15, -0.1) is 34.0 Å². The first kappa shape index (κ1) is 26.4. The van der Waals surface area contributed by atoms with Gasteiger partial charge in [0.25, 0.3) is 12.9 Å². The van der Waals surface area contributed by atoms with Crippen LogP contribution in [-0.2, 0) is 15.0 Å². The van der Waals surface area contributed by atoms with Crippen molar-refractivity contribution in [2.24, 2.45) is 0 Å². The van der Waals surface area contributed by atoms with Crippen LogP contribution in [-0.4, -0.2) is 27.9 Å². The van der Waals surface area contributed by atoms with Gasteiger partial charge >= 0.3 is 0 Å². The lowest BCUT2D eigenvalue weighted by Gasteiger charge is -2.18. The first-order valence-corrected chi connectivity index (χ1v) is 15.4. The standard InChI is InChI=1S/C32H21N3O4S3/c1-32(2)21-7-10-40-30(21)31-22(32)15-29(42-31)28-4-3-27(41-28)18-5-8-33-23(11-18)25-13-20(39-17-37)14-26(35-25)24-12-19(38-16-36)6-9-34-24/h3-17H,1-2H3. The zero-order valence-corrected chi connectivity index (χ0v) is 24.8. The van der Waals surface area contributed by atoms with Crippen LogP contribution >= 0.6 is 34.0 Å². The molecule has 0 N–H and O–H groups in total. The van der Waals surface area contributed by atoms with Crippen LogP contribution in [0.25, 0.3) is 52.7 Å². The third kappa shape index (κ3) is 4.53. The first-order chi connectivity index (χ1) is 20.4. The van der Waals surface area contributed by atoms with Gasteiger partial charge in [-0.1, -0.05) is 13.8 Å². The normalized spacial score (nSPS) is 12.9. The smallest absolute Gasteiger partial charge is 0.298 e. The van der Waals surface area contributed by atoms with Crippen LogP contribution in [0.5, 0.6) is 11.5 Å². The predicted molar refractivity (Wildman–Crippen MR) is 166 cm³/mol. The Balaban J connectivity index is 1.23. The van der Waals surface area contributed by atoms with Crippen LogP contribution in [0.4, 0.5) is 0 Å². The largest absolute Gasteiger partial charge is 0.429 e. The number of carbonyl (C=O) groups excluding carboxylic acids is 2. The monoisotopic (exact) mass is 607 g/mol. The van der Waals surface area contributed by atoms with E-state index in [4.69, 9.17) is 14.5 Å². The van der Waals surface area contributed by atoms with Gasteiger partial charge in [-0.2, -0.15) is 0 Å². The van der Waals surface area contributed by atoms with E-state index >= 15 is 0 Å². The van der Waals surface area contributed by atoms with Gasteiger partial charge in [0.2, 0.25) is 0 Å². The number of carbonyl (C=O) groups is 2. The van der Waals surface area contributed by atoms with Crippen molar-refractivity contribution in [2.75, 3.05) is 0 Å². The summed E-state index contributed by atoms with van der Waals surface area (Å²) in [5.41, 5.74) is 5.87. The zero-order chi connectivity index (χ0) is 28.8. The lowest BCUT2D eigenvalue weighted by atomic mass is 9.84. The lowest BCUT2D eigenvalue weighted by Crippen LogP contribution is -2.13. The number of aromatic nitrogens is 3. The van der Waals surface area contributed by atoms with Gasteiger partial charge in [0.05, 0.1) is 22.8 Å². The minimum Gasteiger partial charge on any atom is -0.429 e. The summed E-state index contributed by atoms with van der Waals surface area (Å²) in [6.07, 6.45) is 3.26. The van der Waals surface area contributed by atoms with Crippen LogP contribution in [0.2, 0.25) is 0 Å². The van der Waals surface area contributed by atoms with Crippen LogP contribution < -0.4 is 9.47 Å². The molecule has 1 aliphatic carbocycles. The Bertz CT molecular complexity index is 1990. The zero-order valence-electron chi connectivity index (χ0n) is 22.4. The van der Waals surface area contributed by atoms with Crippen molar-refractivity contribution >= 4 is 47.0 Å². The Labute approximate surface area is 253 Å². The molecule has 0 bridgehead atoms. The summed E-state index contributed by atoms with van der Waals surface area (Å²) in [5, 5.41) is 2.19. The number of thiophene rings is 3. The molecule has 0 aliphatic heterocycles. The number of pyridine rings is 3. The molecule has 6 heterocycles. The number of ether oxygens (including phenoxy) is 2. The van der Waals surface area contributed by atoms with E-state index in [2.05, 4.69) is 53.5 Å². The van der Waals surface area contributed by atoms with Gasteiger partial charge in [0.1, 0.15) is 11.5 Å². The van der Waals surface area contributed by atoms with Gasteiger partial charge in [0.15, 0.2) is 0 Å². The van der Waals surface area contributed by atoms with Crippen molar-refractivity contribution in [1.82, 2.24) is 15.0 Å². The topological polar surface area (TPSA) is 91.3 Å². The van der Waals surface area contributed by atoms with Gasteiger partial charge in [-0.05, 0) is 64.5 Å². The molecule has 206 valence electrons. The van der Waals surface area contributed by atoms with E-state index in [0.717, 1.165) is 10.4 Å². The Morgan fingerprint density at radius 3 is 2.14 bits per heavy atom. The second kappa shape index (κ2) is 10.4. The Morgan fingerprint density at radius 2 is 1.36 bits per heavy atom. The van der Waals surface area contributed by atoms with Gasteiger partial charge in [-0.25, -0.2) is 4.98 Å². The molecule has 0 amide bonds. The van der Waals surface area contributed by atoms with Crippen molar-refractivity contribution in [3.8, 4) is 64.2 Å². The second-order valence-electron chi connectivity index (χ2n) is 10.1. The van der Waals surface area contributed by atoms with E-state index in [1.54, 1.807) is 41.8 Å². The summed E-state index contributed by atoms with van der Waals surface area (Å²) in [7, 11) is 0. The van der Waals surface area contributed by atoms with Crippen LogP contribution in [0, 0.1) is 0 Å². The summed E-state index contributed by atoms with van der Waals surface area (Å²) >= 11 is 5.43. The third-order valence-electron chi connectivity index (χ3n) is 7.27. The minimum absolute atomic E-state index is 0.0196. The summed E-state index contributed by atoms with van der Waals surface area (Å²) in [6.45, 7) is 5.32. The summed E-state index contributed by atoms with van der Waals surface area (Å²) in [6, 6.07) is 19.3. The van der Waals surface area contributed by atoms with E-state index in [0.29, 0.717) is 47.2 Å². The summed E-state index contributed by atoms with van der Waals surface area (Å²) in [4.78, 5) is 42.0. The molecule has 0 aromatic carbocycles. The fourth-order valence-electron chi connectivity index (χ4n) is 5.19. The van der Waals surface area contributed by atoms with E-state index in [1.807, 2.05) is 34.8 Å². The first-order valence-electron chi connectivity index (χ1n) is 12.9. The molecule has 0 saturated heterocycles. The van der Waals surface area contributed by atoms with Crippen LogP contribution in [0.3, 0.4) is 0 Å². The highest BCUT2D eigenvalue weighted by molar-refractivity contribution is 7.27. The number of nitrogens with zero attached hydrogens (tertiary/aromatic N) is 3. The Hall–Kier alpha value is -4.51. The van der Waals surface area contributed by atoms with E-state index < -0.39 is 0 Å². The fraction of sp³-hybridized carbons (Fsp3) is 0.0938. The van der Waals surface area contributed by atoms with E-state index in [1.165, 1.54) is 36.8 Å². The van der Waals surface area contributed by atoms with Gasteiger partial charge in [-0.3, -0.25) is 19.6 Å². The average molecular weight is 608 g/mol. The SMILES string of the molecule is CC1(C)c2ccsc2-c2sc(-c3ccc(-c4ccnc(-c5cc(OC=O)cc(-c6cc(OC=O)ccn6)n5)c4)s3)cc21. The molecule has 6 aromatic heterocycles. The maximum Gasteiger partial charge on any atom is 0.298 e. The van der Waals surface area contributed by atoms with E-state index in [-0.39, 0.29) is 5.41 Å². The van der Waals surface area contributed by atoms with Crippen molar-refractivity contribution < 1.29 is 19.1 Å². The maximum atomic E-state index is 11.2. The van der Waals surface area contributed by atoms with Crippen molar-refractivity contribution in [3.05, 3.63) is 89.6 Å². The highest BCUT2D eigenvalue weighted by Crippen LogP contribution is 2.56. The molecule has 0 fully saturated rings. The Kier molecular flexibility index (Phi) is 6.53. The molecule has 1 aliphatic rings. The van der Waals surface area contributed by atoms with Crippen molar-refractivity contribution in [1.29, 1.82) is 0 Å². The molecule has 0 saturated carbocycles. The molecule has 7 rings (SSSR count). The maximum absolute atomic E-state index is 11.2.